The summed E-state index contributed by atoms with van der Waals surface area (Å²) in [5.74, 6) is 0.943. The van der Waals surface area contributed by atoms with Crippen molar-refractivity contribution in [3.8, 4) is 5.75 Å². The van der Waals surface area contributed by atoms with Gasteiger partial charge in [-0.2, -0.15) is 0 Å². The van der Waals surface area contributed by atoms with Crippen LogP contribution in [0, 0.1) is 0 Å². The SMILES string of the molecule is CCCCN(Cc1cccn1Cc1cccc(OC)c1)C(=O)c1ccccc1. The summed E-state index contributed by atoms with van der Waals surface area (Å²) in [4.78, 5) is 15.0. The minimum absolute atomic E-state index is 0.0863. The fourth-order valence-corrected chi connectivity index (χ4v) is 3.27. The average Bonchev–Trinajstić information content (AvgIpc) is 3.17. The molecule has 0 N–H and O–H groups in total. The van der Waals surface area contributed by atoms with Crippen LogP contribution < -0.4 is 4.74 Å². The summed E-state index contributed by atoms with van der Waals surface area (Å²) in [6.45, 7) is 4.26. The highest BCUT2D eigenvalue weighted by Crippen LogP contribution is 2.17. The lowest BCUT2D eigenvalue weighted by molar-refractivity contribution is 0.0737. The van der Waals surface area contributed by atoms with Crippen LogP contribution in [-0.2, 0) is 13.1 Å². The second-order valence-corrected chi connectivity index (χ2v) is 6.93. The number of aromatic nitrogens is 1. The van der Waals surface area contributed by atoms with Gasteiger partial charge in [0.25, 0.3) is 5.91 Å². The molecule has 0 unspecified atom stereocenters. The topological polar surface area (TPSA) is 34.5 Å². The van der Waals surface area contributed by atoms with Crippen molar-refractivity contribution in [2.75, 3.05) is 13.7 Å². The number of unbranched alkanes of at least 4 members (excludes halogenated alkanes) is 1. The average molecular weight is 377 g/mol. The van der Waals surface area contributed by atoms with Gasteiger partial charge in [-0.15, -0.1) is 0 Å². The molecular formula is C24H28N2O2. The molecule has 3 rings (SSSR count). The Balaban J connectivity index is 1.78. The first kappa shape index (κ1) is 19.7. The third-order valence-electron chi connectivity index (χ3n) is 4.85. The fourth-order valence-electron chi connectivity index (χ4n) is 3.27. The van der Waals surface area contributed by atoms with Crippen LogP contribution in [0.4, 0.5) is 0 Å². The van der Waals surface area contributed by atoms with Gasteiger partial charge in [-0.3, -0.25) is 4.79 Å². The van der Waals surface area contributed by atoms with E-state index >= 15 is 0 Å². The van der Waals surface area contributed by atoms with E-state index in [9.17, 15) is 4.79 Å². The van der Waals surface area contributed by atoms with Crippen molar-refractivity contribution in [1.82, 2.24) is 9.47 Å². The van der Waals surface area contributed by atoms with Gasteiger partial charge in [-0.05, 0) is 48.4 Å². The van der Waals surface area contributed by atoms with Crippen molar-refractivity contribution in [1.29, 1.82) is 0 Å². The van der Waals surface area contributed by atoms with Gasteiger partial charge in [0.15, 0.2) is 0 Å². The molecule has 0 aliphatic heterocycles. The van der Waals surface area contributed by atoms with Gasteiger partial charge in [0.1, 0.15) is 5.75 Å². The first-order valence-corrected chi connectivity index (χ1v) is 9.82. The summed E-state index contributed by atoms with van der Waals surface area (Å²) < 4.78 is 7.53. The number of carbonyl (C=O) groups is 1. The molecule has 2 aromatic carbocycles. The Morgan fingerprint density at radius 2 is 1.86 bits per heavy atom. The number of methoxy groups -OCH3 is 1. The van der Waals surface area contributed by atoms with E-state index in [1.807, 2.05) is 59.5 Å². The monoisotopic (exact) mass is 376 g/mol. The van der Waals surface area contributed by atoms with E-state index in [1.54, 1.807) is 7.11 Å². The largest absolute Gasteiger partial charge is 0.497 e. The molecule has 0 spiro atoms. The second kappa shape index (κ2) is 9.79. The molecule has 0 saturated heterocycles. The summed E-state index contributed by atoms with van der Waals surface area (Å²) >= 11 is 0. The Morgan fingerprint density at radius 3 is 2.61 bits per heavy atom. The molecule has 146 valence electrons. The maximum Gasteiger partial charge on any atom is 0.254 e. The highest BCUT2D eigenvalue weighted by molar-refractivity contribution is 5.94. The molecule has 28 heavy (non-hydrogen) atoms. The van der Waals surface area contributed by atoms with Crippen LogP contribution in [0.5, 0.6) is 5.75 Å². The number of benzene rings is 2. The predicted molar refractivity (Wildman–Crippen MR) is 113 cm³/mol. The zero-order valence-corrected chi connectivity index (χ0v) is 16.7. The number of hydrogen-bond acceptors (Lipinski definition) is 2. The van der Waals surface area contributed by atoms with Gasteiger partial charge < -0.3 is 14.2 Å². The zero-order chi connectivity index (χ0) is 19.8. The quantitative estimate of drug-likeness (QED) is 0.527. The highest BCUT2D eigenvalue weighted by Gasteiger charge is 2.17. The van der Waals surface area contributed by atoms with E-state index in [0.717, 1.165) is 42.9 Å². The van der Waals surface area contributed by atoms with E-state index < -0.39 is 0 Å². The number of ether oxygens (including phenoxy) is 1. The maximum atomic E-state index is 13.0. The van der Waals surface area contributed by atoms with Gasteiger partial charge in [0.2, 0.25) is 0 Å². The fraction of sp³-hybridized carbons (Fsp3) is 0.292. The molecule has 0 bridgehead atoms. The van der Waals surface area contributed by atoms with Crippen molar-refractivity contribution in [3.63, 3.8) is 0 Å². The molecule has 0 aliphatic rings. The Hall–Kier alpha value is -3.01. The summed E-state index contributed by atoms with van der Waals surface area (Å²) in [7, 11) is 1.68. The normalized spacial score (nSPS) is 10.6. The number of amides is 1. The van der Waals surface area contributed by atoms with Gasteiger partial charge in [-0.1, -0.05) is 43.7 Å². The Bertz CT molecular complexity index is 886. The van der Waals surface area contributed by atoms with Crippen LogP contribution in [-0.4, -0.2) is 29.0 Å². The van der Waals surface area contributed by atoms with Gasteiger partial charge in [-0.25, -0.2) is 0 Å². The van der Waals surface area contributed by atoms with Gasteiger partial charge in [0, 0.05) is 30.5 Å². The van der Waals surface area contributed by atoms with Crippen molar-refractivity contribution in [3.05, 3.63) is 89.7 Å². The molecule has 0 radical (unpaired) electrons. The van der Waals surface area contributed by atoms with Crippen LogP contribution in [0.1, 0.15) is 41.4 Å². The Kier molecular flexibility index (Phi) is 6.90. The standard InChI is InChI=1S/C24H28N2O2/c1-3-4-15-26(24(27)21-11-6-5-7-12-21)19-22-13-9-16-25(22)18-20-10-8-14-23(17-20)28-2/h5-14,16-17H,3-4,15,18-19H2,1-2H3. The minimum atomic E-state index is 0.0863. The lowest BCUT2D eigenvalue weighted by atomic mass is 10.1. The molecule has 1 amide bonds. The third kappa shape index (κ3) is 5.03. The molecule has 0 fully saturated rings. The van der Waals surface area contributed by atoms with E-state index in [1.165, 1.54) is 5.56 Å². The van der Waals surface area contributed by atoms with Crippen LogP contribution in [0.3, 0.4) is 0 Å². The predicted octanol–water partition coefficient (Wildman–Crippen LogP) is 4.99. The first-order valence-electron chi connectivity index (χ1n) is 9.82. The summed E-state index contributed by atoms with van der Waals surface area (Å²) in [6.07, 6.45) is 4.12. The molecule has 0 atom stereocenters. The van der Waals surface area contributed by atoms with Crippen molar-refractivity contribution < 1.29 is 9.53 Å². The van der Waals surface area contributed by atoms with E-state index in [4.69, 9.17) is 4.74 Å². The van der Waals surface area contributed by atoms with Crippen LogP contribution >= 0.6 is 0 Å². The van der Waals surface area contributed by atoms with Crippen molar-refractivity contribution in [2.45, 2.75) is 32.9 Å². The molecule has 4 heteroatoms. The molecule has 0 aliphatic carbocycles. The molecule has 4 nitrogen and oxygen atoms in total. The molecular weight excluding hydrogens is 348 g/mol. The van der Waals surface area contributed by atoms with Crippen LogP contribution in [0.2, 0.25) is 0 Å². The lowest BCUT2D eigenvalue weighted by Crippen LogP contribution is -2.32. The number of nitrogens with zero attached hydrogens (tertiary/aromatic N) is 2. The number of carbonyl (C=O) groups excluding carboxylic acids is 1. The van der Waals surface area contributed by atoms with Crippen molar-refractivity contribution in [2.24, 2.45) is 0 Å². The second-order valence-electron chi connectivity index (χ2n) is 6.93. The zero-order valence-electron chi connectivity index (χ0n) is 16.7. The Morgan fingerprint density at radius 1 is 1.04 bits per heavy atom. The van der Waals surface area contributed by atoms with Crippen molar-refractivity contribution >= 4 is 5.91 Å². The molecule has 1 aromatic heterocycles. The van der Waals surface area contributed by atoms with E-state index in [0.29, 0.717) is 6.54 Å². The summed E-state index contributed by atoms with van der Waals surface area (Å²) in [5.41, 5.74) is 3.04. The number of rotatable bonds is 9. The smallest absolute Gasteiger partial charge is 0.254 e. The maximum absolute atomic E-state index is 13.0. The minimum Gasteiger partial charge on any atom is -0.497 e. The van der Waals surface area contributed by atoms with Gasteiger partial charge in [0.05, 0.1) is 13.7 Å². The number of hydrogen-bond donors (Lipinski definition) is 0. The summed E-state index contributed by atoms with van der Waals surface area (Å²) in [6, 6.07) is 21.8. The molecule has 1 heterocycles. The summed E-state index contributed by atoms with van der Waals surface area (Å²) in [5, 5.41) is 0. The molecule has 0 saturated carbocycles. The van der Waals surface area contributed by atoms with E-state index in [2.05, 4.69) is 29.8 Å². The molecule has 3 aromatic rings. The first-order chi connectivity index (χ1) is 13.7. The van der Waals surface area contributed by atoms with Crippen LogP contribution in [0.25, 0.3) is 0 Å². The van der Waals surface area contributed by atoms with Crippen LogP contribution in [0.15, 0.2) is 72.9 Å². The Labute approximate surface area is 167 Å². The van der Waals surface area contributed by atoms with E-state index in [-0.39, 0.29) is 5.91 Å². The van der Waals surface area contributed by atoms with Gasteiger partial charge >= 0.3 is 0 Å². The highest BCUT2D eigenvalue weighted by atomic mass is 16.5. The third-order valence-corrected chi connectivity index (χ3v) is 4.85. The lowest BCUT2D eigenvalue weighted by Gasteiger charge is -2.24.